The lowest BCUT2D eigenvalue weighted by Crippen LogP contribution is -2.30. The molecule has 0 saturated carbocycles. The lowest BCUT2D eigenvalue weighted by Gasteiger charge is -2.20. The minimum Gasteiger partial charge on any atom is -0.487 e. The monoisotopic (exact) mass is 436 g/mol. The number of pyridine rings is 1. The number of nitrogens with zero attached hydrogens (tertiary/aromatic N) is 1. The zero-order chi connectivity index (χ0) is 22.7. The second-order valence-electron chi connectivity index (χ2n) is 8.48. The third-order valence-electron chi connectivity index (χ3n) is 5.91. The van der Waals surface area contributed by atoms with Gasteiger partial charge in [0, 0.05) is 18.2 Å². The Morgan fingerprint density at radius 1 is 0.758 bits per heavy atom. The fourth-order valence-corrected chi connectivity index (χ4v) is 4.16. The Morgan fingerprint density at radius 2 is 1.39 bits per heavy atom. The summed E-state index contributed by atoms with van der Waals surface area (Å²) in [5, 5.41) is 3.72. The molecule has 0 saturated heterocycles. The summed E-state index contributed by atoms with van der Waals surface area (Å²) in [5.41, 5.74) is 4.99. The van der Waals surface area contributed by atoms with Crippen molar-refractivity contribution in [3.8, 4) is 5.75 Å². The highest BCUT2D eigenvalue weighted by atomic mass is 16.5. The summed E-state index contributed by atoms with van der Waals surface area (Å²) in [6.45, 7) is 3.72. The first-order valence-electron chi connectivity index (χ1n) is 11.7. The van der Waals surface area contributed by atoms with Crippen molar-refractivity contribution >= 4 is 0 Å². The first-order valence-corrected chi connectivity index (χ1v) is 11.7. The molecule has 4 aromatic rings. The van der Waals surface area contributed by atoms with Gasteiger partial charge in [-0.2, -0.15) is 0 Å². The molecule has 1 N–H and O–H groups in total. The molecule has 3 nitrogen and oxygen atoms in total. The third-order valence-corrected chi connectivity index (χ3v) is 5.91. The van der Waals surface area contributed by atoms with Crippen molar-refractivity contribution in [2.75, 3.05) is 6.54 Å². The zero-order valence-corrected chi connectivity index (χ0v) is 19.2. The van der Waals surface area contributed by atoms with Gasteiger partial charge in [0.05, 0.1) is 5.69 Å². The van der Waals surface area contributed by atoms with Crippen molar-refractivity contribution in [2.24, 2.45) is 0 Å². The Labute approximate surface area is 197 Å². The molecule has 0 radical (unpaired) electrons. The maximum atomic E-state index is 5.85. The quantitative estimate of drug-likeness (QED) is 0.295. The number of ether oxygens (including phenoxy) is 1. The fourth-order valence-electron chi connectivity index (χ4n) is 4.16. The van der Waals surface area contributed by atoms with E-state index in [-0.39, 0.29) is 0 Å². The summed E-state index contributed by atoms with van der Waals surface area (Å²) in [7, 11) is 0. The van der Waals surface area contributed by atoms with Crippen molar-refractivity contribution in [1.82, 2.24) is 10.3 Å². The van der Waals surface area contributed by atoms with Crippen LogP contribution >= 0.6 is 0 Å². The van der Waals surface area contributed by atoms with Crippen LogP contribution in [0.2, 0.25) is 0 Å². The van der Waals surface area contributed by atoms with Crippen molar-refractivity contribution in [1.29, 1.82) is 0 Å². The average molecular weight is 437 g/mol. The van der Waals surface area contributed by atoms with Crippen molar-refractivity contribution < 1.29 is 4.74 Å². The van der Waals surface area contributed by atoms with E-state index >= 15 is 0 Å². The Balaban J connectivity index is 1.26. The van der Waals surface area contributed by atoms with Crippen LogP contribution in [0.3, 0.4) is 0 Å². The highest BCUT2D eigenvalue weighted by Gasteiger charge is 2.14. The Morgan fingerprint density at radius 3 is 2.00 bits per heavy atom. The largest absolute Gasteiger partial charge is 0.487 e. The highest BCUT2D eigenvalue weighted by molar-refractivity contribution is 5.32. The molecule has 168 valence electrons. The molecule has 0 spiro atoms. The number of rotatable bonds is 11. The molecule has 0 aliphatic heterocycles. The first-order chi connectivity index (χ1) is 16.3. The van der Waals surface area contributed by atoms with E-state index < -0.39 is 0 Å². The SMILES string of the molecule is CC(Cc1ccc(OCc2ccccn2)cc1)NCCC(c1ccccc1)c1ccccc1. The summed E-state index contributed by atoms with van der Waals surface area (Å²) < 4.78 is 5.85. The predicted molar refractivity (Wildman–Crippen MR) is 136 cm³/mol. The molecule has 4 rings (SSSR count). The van der Waals surface area contributed by atoms with Crippen molar-refractivity contribution in [3.05, 3.63) is 132 Å². The second kappa shape index (κ2) is 12.0. The highest BCUT2D eigenvalue weighted by Crippen LogP contribution is 2.27. The fraction of sp³-hybridized carbons (Fsp3) is 0.233. The van der Waals surface area contributed by atoms with Crippen LogP contribution < -0.4 is 10.1 Å². The van der Waals surface area contributed by atoms with Crippen LogP contribution in [-0.4, -0.2) is 17.6 Å². The molecule has 33 heavy (non-hydrogen) atoms. The van der Waals surface area contributed by atoms with E-state index in [0.717, 1.165) is 30.8 Å². The maximum absolute atomic E-state index is 5.85. The van der Waals surface area contributed by atoms with Gasteiger partial charge in [0.15, 0.2) is 0 Å². The number of hydrogen-bond donors (Lipinski definition) is 1. The van der Waals surface area contributed by atoms with Gasteiger partial charge in [-0.25, -0.2) is 0 Å². The molecule has 0 aliphatic rings. The molecule has 0 fully saturated rings. The minimum absolute atomic E-state index is 0.400. The van der Waals surface area contributed by atoms with Crippen LogP contribution in [0, 0.1) is 0 Å². The van der Waals surface area contributed by atoms with E-state index in [1.807, 2.05) is 30.3 Å². The molecule has 3 aromatic carbocycles. The number of aromatic nitrogens is 1. The number of hydrogen-bond acceptors (Lipinski definition) is 3. The Hall–Kier alpha value is -3.43. The second-order valence-corrected chi connectivity index (χ2v) is 8.48. The van der Waals surface area contributed by atoms with Gasteiger partial charge < -0.3 is 10.1 Å². The Bertz CT molecular complexity index is 1030. The predicted octanol–water partition coefficient (Wildman–Crippen LogP) is 6.40. The molecular formula is C30H32N2O. The summed E-state index contributed by atoms with van der Waals surface area (Å²) >= 11 is 0. The van der Waals surface area contributed by atoms with Crippen LogP contribution in [0.4, 0.5) is 0 Å². The summed E-state index contributed by atoms with van der Waals surface area (Å²) in [6, 6.07) is 36.3. The van der Waals surface area contributed by atoms with Crippen molar-refractivity contribution in [2.45, 2.75) is 38.3 Å². The van der Waals surface area contributed by atoms with Gasteiger partial charge in [-0.15, -0.1) is 0 Å². The van der Waals surface area contributed by atoms with Crippen molar-refractivity contribution in [3.63, 3.8) is 0 Å². The van der Waals surface area contributed by atoms with Crippen LogP contribution in [-0.2, 0) is 13.0 Å². The van der Waals surface area contributed by atoms with Gasteiger partial charge in [0.2, 0.25) is 0 Å². The minimum atomic E-state index is 0.400. The zero-order valence-electron chi connectivity index (χ0n) is 19.2. The van der Waals surface area contributed by atoms with Gasteiger partial charge in [-0.05, 0) is 67.3 Å². The molecule has 1 atom stereocenters. The smallest absolute Gasteiger partial charge is 0.130 e. The Kier molecular flexibility index (Phi) is 8.26. The first kappa shape index (κ1) is 22.8. The number of benzene rings is 3. The normalized spacial score (nSPS) is 11.9. The topological polar surface area (TPSA) is 34.1 Å². The lowest BCUT2D eigenvalue weighted by molar-refractivity contribution is 0.301. The van der Waals surface area contributed by atoms with Crippen LogP contribution in [0.1, 0.15) is 41.6 Å². The van der Waals surface area contributed by atoms with E-state index in [0.29, 0.717) is 18.6 Å². The standard InChI is InChI=1S/C30H32N2O/c1-24(22-25-15-17-29(18-16-25)33-23-28-14-8-9-20-32-28)31-21-19-30(26-10-4-2-5-11-26)27-12-6-3-7-13-27/h2-18,20,24,30-31H,19,21-23H2,1H3. The van der Waals surface area contributed by atoms with Crippen LogP contribution in [0.5, 0.6) is 5.75 Å². The van der Waals surface area contributed by atoms with E-state index in [4.69, 9.17) is 4.74 Å². The van der Waals surface area contributed by atoms with E-state index in [2.05, 4.69) is 90.0 Å². The molecule has 3 heteroatoms. The average Bonchev–Trinajstić information content (AvgIpc) is 2.88. The molecule has 1 heterocycles. The molecule has 0 aliphatic carbocycles. The van der Waals surface area contributed by atoms with Crippen LogP contribution in [0.15, 0.2) is 109 Å². The van der Waals surface area contributed by atoms with Gasteiger partial charge in [-0.3, -0.25) is 4.98 Å². The van der Waals surface area contributed by atoms with E-state index in [9.17, 15) is 0 Å². The summed E-state index contributed by atoms with van der Waals surface area (Å²) in [6.07, 6.45) is 3.85. The van der Waals surface area contributed by atoms with Gasteiger partial charge in [-0.1, -0.05) is 78.9 Å². The van der Waals surface area contributed by atoms with Gasteiger partial charge >= 0.3 is 0 Å². The number of nitrogens with one attached hydrogen (secondary N) is 1. The van der Waals surface area contributed by atoms with E-state index in [1.54, 1.807) is 6.20 Å². The van der Waals surface area contributed by atoms with E-state index in [1.165, 1.54) is 16.7 Å². The molecule has 0 bridgehead atoms. The maximum Gasteiger partial charge on any atom is 0.130 e. The lowest BCUT2D eigenvalue weighted by atomic mass is 9.88. The van der Waals surface area contributed by atoms with Gasteiger partial charge in [0.1, 0.15) is 12.4 Å². The molecule has 0 amide bonds. The molecule has 1 unspecified atom stereocenters. The van der Waals surface area contributed by atoms with Crippen LogP contribution in [0.25, 0.3) is 0 Å². The third kappa shape index (κ3) is 7.03. The molecular weight excluding hydrogens is 404 g/mol. The molecule has 1 aromatic heterocycles. The summed E-state index contributed by atoms with van der Waals surface area (Å²) in [4.78, 5) is 4.30. The van der Waals surface area contributed by atoms with Gasteiger partial charge in [0.25, 0.3) is 0 Å². The summed E-state index contributed by atoms with van der Waals surface area (Å²) in [5.74, 6) is 1.28.